The second-order valence-electron chi connectivity index (χ2n) is 6.43. The molecule has 1 aliphatic carbocycles. The summed E-state index contributed by atoms with van der Waals surface area (Å²) in [4.78, 5) is 38.1. The summed E-state index contributed by atoms with van der Waals surface area (Å²) in [5.41, 5.74) is 1.02. The van der Waals surface area contributed by atoms with Crippen molar-refractivity contribution in [3.63, 3.8) is 0 Å². The van der Waals surface area contributed by atoms with Crippen molar-refractivity contribution < 1.29 is 14.4 Å². The van der Waals surface area contributed by atoms with Crippen molar-refractivity contribution in [3.05, 3.63) is 48.0 Å². The molecular weight excluding hydrogens is 304 g/mol. The van der Waals surface area contributed by atoms with E-state index in [1.807, 2.05) is 49.4 Å². The molecule has 0 bridgehead atoms. The van der Waals surface area contributed by atoms with E-state index in [0.29, 0.717) is 12.8 Å². The highest BCUT2D eigenvalue weighted by atomic mass is 16.2. The van der Waals surface area contributed by atoms with Crippen LogP contribution in [0.15, 0.2) is 42.5 Å². The summed E-state index contributed by atoms with van der Waals surface area (Å²) in [6, 6.07) is 9.59. The van der Waals surface area contributed by atoms with E-state index in [1.165, 1.54) is 4.90 Å². The topological polar surface area (TPSA) is 66.5 Å². The minimum Gasteiger partial charge on any atom is -0.350 e. The van der Waals surface area contributed by atoms with Crippen LogP contribution in [-0.2, 0) is 14.4 Å². The summed E-state index contributed by atoms with van der Waals surface area (Å²) in [6.45, 7) is 2.08. The molecule has 24 heavy (non-hydrogen) atoms. The Morgan fingerprint density at radius 2 is 1.71 bits per heavy atom. The molecule has 1 aromatic rings. The lowest BCUT2D eigenvalue weighted by molar-refractivity contribution is -0.140. The molecule has 0 radical (unpaired) electrons. The molecule has 0 aromatic heterocycles. The molecule has 2 aliphatic rings. The minimum atomic E-state index is -0.228. The number of rotatable bonds is 5. The Kier molecular flexibility index (Phi) is 4.79. The Morgan fingerprint density at radius 3 is 2.29 bits per heavy atom. The van der Waals surface area contributed by atoms with Crippen LogP contribution >= 0.6 is 0 Å². The number of nitrogens with zero attached hydrogens (tertiary/aromatic N) is 1. The molecule has 3 amide bonds. The van der Waals surface area contributed by atoms with Crippen molar-refractivity contribution >= 4 is 17.7 Å². The Bertz CT molecular complexity index is 642. The van der Waals surface area contributed by atoms with Crippen LogP contribution in [0.1, 0.15) is 37.8 Å². The van der Waals surface area contributed by atoms with Gasteiger partial charge in [0.25, 0.3) is 0 Å². The number of imide groups is 1. The highest BCUT2D eigenvalue weighted by Gasteiger charge is 2.46. The van der Waals surface area contributed by atoms with Gasteiger partial charge in [-0.15, -0.1) is 0 Å². The molecule has 1 heterocycles. The van der Waals surface area contributed by atoms with E-state index >= 15 is 0 Å². The van der Waals surface area contributed by atoms with Crippen molar-refractivity contribution in [3.8, 4) is 0 Å². The third-order valence-corrected chi connectivity index (χ3v) is 4.84. The fourth-order valence-electron chi connectivity index (χ4n) is 3.44. The molecule has 1 N–H and O–H groups in total. The number of carbonyl (C=O) groups excluding carboxylic acids is 3. The van der Waals surface area contributed by atoms with E-state index in [1.54, 1.807) is 0 Å². The van der Waals surface area contributed by atoms with Crippen molar-refractivity contribution in [2.24, 2.45) is 11.8 Å². The van der Waals surface area contributed by atoms with Gasteiger partial charge in [0, 0.05) is 13.0 Å². The van der Waals surface area contributed by atoms with Crippen LogP contribution in [0.3, 0.4) is 0 Å². The van der Waals surface area contributed by atoms with Crippen LogP contribution in [-0.4, -0.2) is 29.2 Å². The molecule has 1 fully saturated rings. The van der Waals surface area contributed by atoms with E-state index in [0.717, 1.165) is 5.56 Å². The largest absolute Gasteiger partial charge is 0.350 e. The maximum atomic E-state index is 12.3. The van der Waals surface area contributed by atoms with Crippen LogP contribution in [0.4, 0.5) is 0 Å². The summed E-state index contributed by atoms with van der Waals surface area (Å²) in [6.07, 6.45) is 5.32. The van der Waals surface area contributed by atoms with Gasteiger partial charge < -0.3 is 5.32 Å². The van der Waals surface area contributed by atoms with Gasteiger partial charge in [0.2, 0.25) is 17.7 Å². The van der Waals surface area contributed by atoms with Crippen molar-refractivity contribution in [2.45, 2.75) is 32.2 Å². The molecule has 5 heteroatoms. The molecule has 3 atom stereocenters. The van der Waals surface area contributed by atoms with Gasteiger partial charge in [-0.1, -0.05) is 42.5 Å². The predicted molar refractivity (Wildman–Crippen MR) is 89.7 cm³/mol. The quantitative estimate of drug-likeness (QED) is 0.666. The molecule has 1 aliphatic heterocycles. The van der Waals surface area contributed by atoms with E-state index in [9.17, 15) is 14.4 Å². The Morgan fingerprint density at radius 1 is 1.12 bits per heavy atom. The number of carbonyl (C=O) groups is 3. The van der Waals surface area contributed by atoms with Gasteiger partial charge in [-0.2, -0.15) is 0 Å². The Labute approximate surface area is 141 Å². The van der Waals surface area contributed by atoms with Gasteiger partial charge in [-0.3, -0.25) is 19.3 Å². The normalized spacial score (nSPS) is 24.0. The van der Waals surface area contributed by atoms with Crippen LogP contribution in [0.2, 0.25) is 0 Å². The van der Waals surface area contributed by atoms with Gasteiger partial charge in [-0.05, 0) is 25.3 Å². The highest BCUT2D eigenvalue weighted by Crippen LogP contribution is 2.34. The molecule has 1 aromatic carbocycles. The number of hydrogen-bond acceptors (Lipinski definition) is 3. The van der Waals surface area contributed by atoms with Crippen LogP contribution in [0.5, 0.6) is 0 Å². The average molecular weight is 326 g/mol. The summed E-state index contributed by atoms with van der Waals surface area (Å²) < 4.78 is 0. The first-order valence-electron chi connectivity index (χ1n) is 8.42. The van der Waals surface area contributed by atoms with Crippen molar-refractivity contribution in [1.82, 2.24) is 10.2 Å². The number of likely N-dealkylation sites (tertiary alicyclic amines) is 1. The fourth-order valence-corrected chi connectivity index (χ4v) is 3.44. The zero-order valence-corrected chi connectivity index (χ0v) is 13.8. The smallest absolute Gasteiger partial charge is 0.233 e. The maximum absolute atomic E-state index is 12.3. The standard InChI is InChI=1S/C19H22N2O3/c1-13(14-7-3-2-4-8-14)20-17(22)11-12-21-18(23)15-9-5-6-10-16(15)19(21)24/h2-8,13,15-16H,9-12H2,1H3,(H,20,22)/t13-,15-,16-/m0/s1. The second-order valence-corrected chi connectivity index (χ2v) is 6.43. The van der Waals surface area contributed by atoms with Gasteiger partial charge in [0.05, 0.1) is 17.9 Å². The van der Waals surface area contributed by atoms with Crippen LogP contribution in [0.25, 0.3) is 0 Å². The van der Waals surface area contributed by atoms with Crippen LogP contribution in [0, 0.1) is 11.8 Å². The van der Waals surface area contributed by atoms with Gasteiger partial charge in [0.15, 0.2) is 0 Å². The predicted octanol–water partition coefficient (Wildman–Crippen LogP) is 2.21. The first kappa shape index (κ1) is 16.4. The number of allylic oxidation sites excluding steroid dienone is 2. The zero-order valence-electron chi connectivity index (χ0n) is 13.8. The first-order chi connectivity index (χ1) is 11.6. The Hall–Kier alpha value is -2.43. The SMILES string of the molecule is C[C@H](NC(=O)CCN1C(=O)[C@H]2CC=CC[C@@H]2C1=O)c1ccccc1. The second kappa shape index (κ2) is 6.99. The number of amides is 3. The number of fused-ring (bicyclic) bond motifs is 1. The lowest BCUT2D eigenvalue weighted by atomic mass is 9.85. The molecule has 5 nitrogen and oxygen atoms in total. The molecule has 0 unspecified atom stereocenters. The Balaban J connectivity index is 1.53. The lowest BCUT2D eigenvalue weighted by Crippen LogP contribution is -2.36. The van der Waals surface area contributed by atoms with E-state index in [-0.39, 0.29) is 48.6 Å². The number of hydrogen-bond donors (Lipinski definition) is 1. The molecular formula is C19H22N2O3. The first-order valence-corrected chi connectivity index (χ1v) is 8.42. The van der Waals surface area contributed by atoms with Gasteiger partial charge >= 0.3 is 0 Å². The number of nitrogens with one attached hydrogen (secondary N) is 1. The third kappa shape index (κ3) is 3.25. The summed E-state index contributed by atoms with van der Waals surface area (Å²) >= 11 is 0. The highest BCUT2D eigenvalue weighted by molar-refractivity contribution is 6.05. The van der Waals surface area contributed by atoms with Gasteiger partial charge in [-0.25, -0.2) is 0 Å². The zero-order chi connectivity index (χ0) is 17.1. The average Bonchev–Trinajstić information content (AvgIpc) is 2.85. The van der Waals surface area contributed by atoms with E-state index in [4.69, 9.17) is 0 Å². The minimum absolute atomic E-state index is 0.101. The third-order valence-electron chi connectivity index (χ3n) is 4.84. The summed E-state index contributed by atoms with van der Waals surface area (Å²) in [5.74, 6) is -0.862. The number of benzene rings is 1. The maximum Gasteiger partial charge on any atom is 0.233 e. The molecule has 126 valence electrons. The summed E-state index contributed by atoms with van der Waals surface area (Å²) in [7, 11) is 0. The monoisotopic (exact) mass is 326 g/mol. The van der Waals surface area contributed by atoms with Crippen molar-refractivity contribution in [2.75, 3.05) is 6.54 Å². The fraction of sp³-hybridized carbons (Fsp3) is 0.421. The van der Waals surface area contributed by atoms with Crippen molar-refractivity contribution in [1.29, 1.82) is 0 Å². The lowest BCUT2D eigenvalue weighted by Gasteiger charge is -2.17. The molecule has 3 rings (SSSR count). The van der Waals surface area contributed by atoms with Gasteiger partial charge in [0.1, 0.15) is 0 Å². The molecule has 0 saturated carbocycles. The van der Waals surface area contributed by atoms with Crippen LogP contribution < -0.4 is 5.32 Å². The molecule has 1 saturated heterocycles. The van der Waals surface area contributed by atoms with E-state index < -0.39 is 0 Å². The molecule has 0 spiro atoms. The summed E-state index contributed by atoms with van der Waals surface area (Å²) in [5, 5.41) is 2.91. The van der Waals surface area contributed by atoms with E-state index in [2.05, 4.69) is 5.32 Å².